The van der Waals surface area contributed by atoms with E-state index >= 15 is 0 Å². The zero-order chi connectivity index (χ0) is 13.3. The molecule has 0 radical (unpaired) electrons. The molecule has 94 valence electrons. The van der Waals surface area contributed by atoms with Gasteiger partial charge in [-0.3, -0.25) is 0 Å². The maximum atomic E-state index is 9.98. The lowest BCUT2D eigenvalue weighted by Crippen LogP contribution is -2.12. The van der Waals surface area contributed by atoms with Crippen molar-refractivity contribution in [2.75, 3.05) is 0 Å². The van der Waals surface area contributed by atoms with Gasteiger partial charge < -0.3 is 10.8 Å². The summed E-state index contributed by atoms with van der Waals surface area (Å²) in [4.78, 5) is 0. The van der Waals surface area contributed by atoms with E-state index in [-0.39, 0.29) is 20.8 Å². The summed E-state index contributed by atoms with van der Waals surface area (Å²) in [6, 6.07) is 10.1. The van der Waals surface area contributed by atoms with Gasteiger partial charge in [-0.25, -0.2) is 0 Å². The van der Waals surface area contributed by atoms with Crippen LogP contribution in [0, 0.1) is 0 Å². The lowest BCUT2D eigenvalue weighted by molar-refractivity contribution is 0.465. The smallest absolute Gasteiger partial charge is 0.140 e. The van der Waals surface area contributed by atoms with Crippen LogP contribution in [0.25, 0.3) is 0 Å². The Hall–Kier alpha value is -0.930. The summed E-state index contributed by atoms with van der Waals surface area (Å²) in [6.45, 7) is 0. The molecule has 0 aromatic heterocycles. The minimum absolute atomic E-state index is 0.130. The fraction of sp³-hybridized carbons (Fsp3) is 0.0769. The van der Waals surface area contributed by atoms with E-state index in [0.29, 0.717) is 5.56 Å². The third-order valence-corrected chi connectivity index (χ3v) is 3.74. The van der Waals surface area contributed by atoms with Crippen LogP contribution in [0.4, 0.5) is 0 Å². The van der Waals surface area contributed by atoms with E-state index in [4.69, 9.17) is 40.5 Å². The number of halogens is 3. The van der Waals surface area contributed by atoms with Gasteiger partial charge in [0.05, 0.1) is 21.1 Å². The van der Waals surface area contributed by atoms with Crippen molar-refractivity contribution >= 4 is 34.8 Å². The quantitative estimate of drug-likeness (QED) is 0.808. The van der Waals surface area contributed by atoms with Crippen LogP contribution < -0.4 is 5.73 Å². The van der Waals surface area contributed by atoms with Crippen LogP contribution in [0.2, 0.25) is 15.1 Å². The third-order valence-electron chi connectivity index (χ3n) is 2.65. The van der Waals surface area contributed by atoms with E-state index in [2.05, 4.69) is 0 Å². The summed E-state index contributed by atoms with van der Waals surface area (Å²) in [5, 5.41) is 10.6. The molecule has 1 atom stereocenters. The molecule has 0 aliphatic carbocycles. The van der Waals surface area contributed by atoms with Gasteiger partial charge in [0.15, 0.2) is 0 Å². The summed E-state index contributed by atoms with van der Waals surface area (Å²) in [5.41, 5.74) is 7.24. The standard InChI is InChI=1S/C13H10Cl3NO/c14-8-6-9(15)13(18)10(11(8)16)12(17)7-4-2-1-3-5-7/h1-6,12,18H,17H2. The second-order valence-electron chi connectivity index (χ2n) is 3.80. The van der Waals surface area contributed by atoms with Crippen LogP contribution in [-0.2, 0) is 0 Å². The molecule has 0 aliphatic rings. The zero-order valence-corrected chi connectivity index (χ0v) is 11.5. The molecule has 0 fully saturated rings. The fourth-order valence-corrected chi connectivity index (χ4v) is 2.45. The molecule has 0 bridgehead atoms. The van der Waals surface area contributed by atoms with Gasteiger partial charge in [0, 0.05) is 5.56 Å². The predicted octanol–water partition coefficient (Wildman–Crippen LogP) is 4.40. The van der Waals surface area contributed by atoms with E-state index in [1.165, 1.54) is 6.07 Å². The van der Waals surface area contributed by atoms with Crippen molar-refractivity contribution in [2.24, 2.45) is 5.73 Å². The highest BCUT2D eigenvalue weighted by Gasteiger charge is 2.21. The van der Waals surface area contributed by atoms with Crippen molar-refractivity contribution in [3.8, 4) is 5.75 Å². The molecule has 2 rings (SSSR count). The highest BCUT2D eigenvalue weighted by molar-refractivity contribution is 6.44. The molecule has 0 spiro atoms. The van der Waals surface area contributed by atoms with E-state index in [0.717, 1.165) is 5.56 Å². The molecule has 0 amide bonds. The summed E-state index contributed by atoms with van der Waals surface area (Å²) in [7, 11) is 0. The van der Waals surface area contributed by atoms with Crippen molar-refractivity contribution in [3.63, 3.8) is 0 Å². The molecule has 2 aromatic carbocycles. The molecular weight excluding hydrogens is 293 g/mol. The van der Waals surface area contributed by atoms with E-state index < -0.39 is 6.04 Å². The Morgan fingerprint density at radius 3 is 2.22 bits per heavy atom. The second kappa shape index (κ2) is 5.37. The lowest BCUT2D eigenvalue weighted by Gasteiger charge is -2.17. The highest BCUT2D eigenvalue weighted by Crippen LogP contribution is 2.42. The van der Waals surface area contributed by atoms with Crippen LogP contribution in [0.5, 0.6) is 5.75 Å². The van der Waals surface area contributed by atoms with Gasteiger partial charge in [-0.15, -0.1) is 0 Å². The Labute approximate surface area is 120 Å². The van der Waals surface area contributed by atoms with Crippen LogP contribution in [0.15, 0.2) is 36.4 Å². The number of nitrogens with two attached hydrogens (primary N) is 1. The largest absolute Gasteiger partial charge is 0.506 e. The SMILES string of the molecule is NC(c1ccccc1)c1c(O)c(Cl)cc(Cl)c1Cl. The molecule has 0 saturated carbocycles. The van der Waals surface area contributed by atoms with Crippen molar-refractivity contribution < 1.29 is 5.11 Å². The van der Waals surface area contributed by atoms with Crippen molar-refractivity contribution in [3.05, 3.63) is 62.6 Å². The Bertz CT molecular complexity index is 546. The first kappa shape index (κ1) is 13.5. The number of benzene rings is 2. The molecule has 3 N–H and O–H groups in total. The molecule has 0 heterocycles. The van der Waals surface area contributed by atoms with Gasteiger partial charge in [0.25, 0.3) is 0 Å². The minimum atomic E-state index is -0.588. The van der Waals surface area contributed by atoms with Gasteiger partial charge >= 0.3 is 0 Å². The molecule has 0 saturated heterocycles. The molecule has 2 nitrogen and oxygen atoms in total. The number of phenolic OH excluding ortho intramolecular Hbond substituents is 1. The van der Waals surface area contributed by atoms with Crippen LogP contribution in [0.3, 0.4) is 0 Å². The summed E-state index contributed by atoms with van der Waals surface area (Å²) in [6.07, 6.45) is 0. The average Bonchev–Trinajstić information content (AvgIpc) is 2.37. The van der Waals surface area contributed by atoms with Crippen molar-refractivity contribution in [2.45, 2.75) is 6.04 Å². The van der Waals surface area contributed by atoms with Gasteiger partial charge in [0.2, 0.25) is 0 Å². The van der Waals surface area contributed by atoms with E-state index in [1.54, 1.807) is 0 Å². The maximum absolute atomic E-state index is 9.98. The first-order valence-electron chi connectivity index (χ1n) is 5.19. The number of aromatic hydroxyl groups is 1. The second-order valence-corrected chi connectivity index (χ2v) is 5.00. The molecule has 1 unspecified atom stereocenters. The van der Waals surface area contributed by atoms with Crippen LogP contribution in [-0.4, -0.2) is 5.11 Å². The first-order chi connectivity index (χ1) is 8.52. The Morgan fingerprint density at radius 1 is 1.00 bits per heavy atom. The summed E-state index contributed by atoms with van der Waals surface area (Å²) < 4.78 is 0. The summed E-state index contributed by atoms with van der Waals surface area (Å²) >= 11 is 17.9. The topological polar surface area (TPSA) is 46.2 Å². The Kier molecular flexibility index (Phi) is 4.03. The normalized spacial score (nSPS) is 12.4. The average molecular weight is 303 g/mol. The minimum Gasteiger partial charge on any atom is -0.506 e. The number of hydrogen-bond donors (Lipinski definition) is 2. The van der Waals surface area contributed by atoms with Gasteiger partial charge in [-0.2, -0.15) is 0 Å². The predicted molar refractivity (Wildman–Crippen MR) is 75.6 cm³/mol. The van der Waals surface area contributed by atoms with Crippen LogP contribution in [0.1, 0.15) is 17.2 Å². The maximum Gasteiger partial charge on any atom is 0.140 e. The molecule has 5 heteroatoms. The fourth-order valence-electron chi connectivity index (χ4n) is 1.72. The highest BCUT2D eigenvalue weighted by atomic mass is 35.5. The van der Waals surface area contributed by atoms with Crippen molar-refractivity contribution in [1.29, 1.82) is 0 Å². The Balaban J connectivity index is 2.58. The molecular formula is C13H10Cl3NO. The van der Waals surface area contributed by atoms with Gasteiger partial charge in [-0.1, -0.05) is 65.1 Å². The first-order valence-corrected chi connectivity index (χ1v) is 6.32. The number of phenols is 1. The lowest BCUT2D eigenvalue weighted by atomic mass is 9.98. The van der Waals surface area contributed by atoms with Crippen LogP contribution >= 0.6 is 34.8 Å². The van der Waals surface area contributed by atoms with E-state index in [9.17, 15) is 5.11 Å². The van der Waals surface area contributed by atoms with E-state index in [1.807, 2.05) is 30.3 Å². The monoisotopic (exact) mass is 301 g/mol. The zero-order valence-electron chi connectivity index (χ0n) is 9.20. The molecule has 18 heavy (non-hydrogen) atoms. The third kappa shape index (κ3) is 2.43. The van der Waals surface area contributed by atoms with Gasteiger partial charge in [-0.05, 0) is 11.6 Å². The van der Waals surface area contributed by atoms with Crippen molar-refractivity contribution in [1.82, 2.24) is 0 Å². The molecule has 2 aromatic rings. The number of hydrogen-bond acceptors (Lipinski definition) is 2. The summed E-state index contributed by atoms with van der Waals surface area (Å²) in [5.74, 6) is -0.137. The number of rotatable bonds is 2. The Morgan fingerprint density at radius 2 is 1.61 bits per heavy atom. The van der Waals surface area contributed by atoms with Gasteiger partial charge in [0.1, 0.15) is 5.75 Å². The molecule has 0 aliphatic heterocycles.